The lowest BCUT2D eigenvalue weighted by Gasteiger charge is -2.39. The Labute approximate surface area is 139 Å². The molecule has 3 aromatic carbocycles. The molecule has 0 N–H and O–H groups in total. The Morgan fingerprint density at radius 3 is 1.70 bits per heavy atom. The van der Waals surface area contributed by atoms with Gasteiger partial charge in [0.15, 0.2) is 0 Å². The third-order valence-electron chi connectivity index (χ3n) is 5.35. The molecule has 0 amide bonds. The summed E-state index contributed by atoms with van der Waals surface area (Å²) in [6.07, 6.45) is 1.07. The SMILES string of the molecule is C[Si](C)(c1ccccc1)C1c2ccccc2Cc2ccccc21. The van der Waals surface area contributed by atoms with Gasteiger partial charge in [-0.05, 0) is 28.7 Å². The molecule has 0 nitrogen and oxygen atoms in total. The van der Waals surface area contributed by atoms with E-state index < -0.39 is 8.07 Å². The summed E-state index contributed by atoms with van der Waals surface area (Å²) in [6, 6.07) is 29.2. The summed E-state index contributed by atoms with van der Waals surface area (Å²) < 4.78 is 0. The van der Waals surface area contributed by atoms with E-state index in [0.717, 1.165) is 6.42 Å². The van der Waals surface area contributed by atoms with Crippen molar-refractivity contribution in [1.29, 1.82) is 0 Å². The number of rotatable bonds is 2. The molecule has 0 fully saturated rings. The largest absolute Gasteiger partial charge is 0.0927 e. The molecule has 0 aromatic heterocycles. The van der Waals surface area contributed by atoms with E-state index in [1.807, 2.05) is 0 Å². The molecule has 0 atom stereocenters. The van der Waals surface area contributed by atoms with Gasteiger partial charge in [0.05, 0.1) is 8.07 Å². The summed E-state index contributed by atoms with van der Waals surface area (Å²) in [5, 5.41) is 1.54. The first-order chi connectivity index (χ1) is 11.2. The maximum absolute atomic E-state index is 2.52. The molecule has 23 heavy (non-hydrogen) atoms. The van der Waals surface area contributed by atoms with Crippen molar-refractivity contribution in [3.63, 3.8) is 0 Å². The van der Waals surface area contributed by atoms with Crippen molar-refractivity contribution in [2.45, 2.75) is 25.1 Å². The van der Waals surface area contributed by atoms with E-state index in [4.69, 9.17) is 0 Å². The fourth-order valence-corrected chi connectivity index (χ4v) is 7.64. The molecule has 0 heterocycles. The zero-order chi connectivity index (χ0) is 15.9. The lowest BCUT2D eigenvalue weighted by atomic mass is 9.85. The molecular weight excluding hydrogens is 292 g/mol. The smallest absolute Gasteiger partial charge is 0.0647 e. The van der Waals surface area contributed by atoms with Gasteiger partial charge < -0.3 is 0 Å². The standard InChI is InChI=1S/C22H22Si/c1-23(2,19-12-4-3-5-13-19)22-20-14-8-6-10-17(20)16-18-11-7-9-15-21(18)22/h3-15,22H,16H2,1-2H3. The summed E-state index contributed by atoms with van der Waals surface area (Å²) in [7, 11) is -1.68. The Balaban J connectivity index is 1.94. The van der Waals surface area contributed by atoms with Gasteiger partial charge in [-0.1, -0.05) is 97.1 Å². The summed E-state index contributed by atoms with van der Waals surface area (Å²) in [5.74, 6) is 0. The number of benzene rings is 3. The van der Waals surface area contributed by atoms with Crippen molar-refractivity contribution in [2.24, 2.45) is 0 Å². The Morgan fingerprint density at radius 1 is 0.652 bits per heavy atom. The van der Waals surface area contributed by atoms with Crippen LogP contribution >= 0.6 is 0 Å². The van der Waals surface area contributed by atoms with Crippen LogP contribution in [-0.2, 0) is 6.42 Å². The Hall–Kier alpha value is -2.12. The first-order valence-corrected chi connectivity index (χ1v) is 11.5. The molecular formula is C22H22Si. The molecule has 1 aliphatic rings. The maximum atomic E-state index is 2.52. The van der Waals surface area contributed by atoms with Crippen LogP contribution in [0, 0.1) is 0 Å². The van der Waals surface area contributed by atoms with E-state index in [1.165, 1.54) is 16.3 Å². The maximum Gasteiger partial charge on any atom is 0.0927 e. The van der Waals surface area contributed by atoms with Gasteiger partial charge in [0.1, 0.15) is 0 Å². The highest BCUT2D eigenvalue weighted by atomic mass is 28.3. The predicted molar refractivity (Wildman–Crippen MR) is 101 cm³/mol. The van der Waals surface area contributed by atoms with Gasteiger partial charge in [0.25, 0.3) is 0 Å². The van der Waals surface area contributed by atoms with E-state index in [1.54, 1.807) is 11.1 Å². The van der Waals surface area contributed by atoms with Gasteiger partial charge in [-0.3, -0.25) is 0 Å². The predicted octanol–water partition coefficient (Wildman–Crippen LogP) is 4.88. The van der Waals surface area contributed by atoms with E-state index >= 15 is 0 Å². The monoisotopic (exact) mass is 314 g/mol. The molecule has 0 aliphatic heterocycles. The molecule has 1 aliphatic carbocycles. The summed E-state index contributed by atoms with van der Waals surface area (Å²) in [5.41, 5.74) is 6.64. The van der Waals surface area contributed by atoms with Crippen LogP contribution in [0.25, 0.3) is 0 Å². The quantitative estimate of drug-likeness (QED) is 0.592. The van der Waals surface area contributed by atoms with E-state index in [0.29, 0.717) is 5.54 Å². The molecule has 0 saturated carbocycles. The molecule has 1 heteroatoms. The molecule has 0 saturated heterocycles. The Morgan fingerprint density at radius 2 is 1.13 bits per heavy atom. The Kier molecular flexibility index (Phi) is 3.46. The topological polar surface area (TPSA) is 0 Å². The van der Waals surface area contributed by atoms with Crippen LogP contribution in [0.2, 0.25) is 13.1 Å². The van der Waals surface area contributed by atoms with Crippen LogP contribution in [0.15, 0.2) is 78.9 Å². The van der Waals surface area contributed by atoms with Crippen LogP contribution < -0.4 is 5.19 Å². The Bertz CT molecular complexity index is 788. The van der Waals surface area contributed by atoms with Crippen LogP contribution in [0.3, 0.4) is 0 Å². The minimum Gasteiger partial charge on any atom is -0.0647 e. The van der Waals surface area contributed by atoms with Crippen molar-refractivity contribution < 1.29 is 0 Å². The van der Waals surface area contributed by atoms with Crippen LogP contribution in [0.5, 0.6) is 0 Å². The molecule has 3 aromatic rings. The molecule has 4 rings (SSSR count). The van der Waals surface area contributed by atoms with E-state index in [-0.39, 0.29) is 0 Å². The highest BCUT2D eigenvalue weighted by Gasteiger charge is 2.39. The van der Waals surface area contributed by atoms with E-state index in [2.05, 4.69) is 92.0 Å². The van der Waals surface area contributed by atoms with E-state index in [9.17, 15) is 0 Å². The number of hydrogen-bond acceptors (Lipinski definition) is 0. The second-order valence-electron chi connectivity index (χ2n) is 7.10. The summed E-state index contributed by atoms with van der Waals surface area (Å²) >= 11 is 0. The molecule has 114 valence electrons. The third kappa shape index (κ3) is 2.36. The lowest BCUT2D eigenvalue weighted by Crippen LogP contribution is -2.49. The lowest BCUT2D eigenvalue weighted by molar-refractivity contribution is 0.949. The minimum absolute atomic E-state index is 0.533. The molecule has 0 radical (unpaired) electrons. The van der Waals surface area contributed by atoms with Crippen LogP contribution in [-0.4, -0.2) is 8.07 Å². The molecule has 0 spiro atoms. The molecule has 0 bridgehead atoms. The number of fused-ring (bicyclic) bond motifs is 2. The second kappa shape index (κ2) is 5.50. The van der Waals surface area contributed by atoms with Gasteiger partial charge in [-0.25, -0.2) is 0 Å². The van der Waals surface area contributed by atoms with Crippen molar-refractivity contribution in [1.82, 2.24) is 0 Å². The first-order valence-electron chi connectivity index (χ1n) is 8.39. The van der Waals surface area contributed by atoms with Crippen LogP contribution in [0.4, 0.5) is 0 Å². The van der Waals surface area contributed by atoms with Gasteiger partial charge in [-0.2, -0.15) is 0 Å². The van der Waals surface area contributed by atoms with Gasteiger partial charge in [-0.15, -0.1) is 0 Å². The second-order valence-corrected chi connectivity index (χ2v) is 11.7. The van der Waals surface area contributed by atoms with Gasteiger partial charge in [0, 0.05) is 5.54 Å². The summed E-state index contributed by atoms with van der Waals surface area (Å²) in [4.78, 5) is 0. The van der Waals surface area contributed by atoms with Gasteiger partial charge in [0.2, 0.25) is 0 Å². The van der Waals surface area contributed by atoms with Gasteiger partial charge >= 0.3 is 0 Å². The van der Waals surface area contributed by atoms with Crippen molar-refractivity contribution in [3.05, 3.63) is 101 Å². The number of hydrogen-bond donors (Lipinski definition) is 0. The van der Waals surface area contributed by atoms with Crippen LogP contribution in [0.1, 0.15) is 27.8 Å². The zero-order valence-electron chi connectivity index (χ0n) is 13.8. The average Bonchev–Trinajstić information content (AvgIpc) is 2.60. The zero-order valence-corrected chi connectivity index (χ0v) is 14.8. The highest BCUT2D eigenvalue weighted by molar-refractivity contribution is 6.91. The van der Waals surface area contributed by atoms with Crippen molar-refractivity contribution >= 4 is 13.3 Å². The highest BCUT2D eigenvalue weighted by Crippen LogP contribution is 2.41. The third-order valence-corrected chi connectivity index (χ3v) is 9.24. The average molecular weight is 315 g/mol. The fraction of sp³-hybridized carbons (Fsp3) is 0.182. The molecule has 0 unspecified atom stereocenters. The fourth-order valence-electron chi connectivity index (χ4n) is 4.14. The minimum atomic E-state index is -1.68. The first kappa shape index (κ1) is 14.5. The normalized spacial score (nSPS) is 14.2. The summed E-state index contributed by atoms with van der Waals surface area (Å²) in [6.45, 7) is 5.04. The van der Waals surface area contributed by atoms with Crippen molar-refractivity contribution in [3.8, 4) is 0 Å². The van der Waals surface area contributed by atoms with Crippen molar-refractivity contribution in [2.75, 3.05) is 0 Å².